The SMILES string of the molecule is Cc1cc(C)c2cccc(OCc3c(Cl)ccc(S(=O)(=O)NC4(C(=O)N5CCC(CN6CCC(N)CC6)CC5)CCCC4)c3Cl)c2n1.O=C(O)C(F)(F)F.O=C1C=C(N2CC2)C(=O)C(N2CC2)=C1N1CC1. The molecule has 0 bridgehead atoms. The van der Waals surface area contributed by atoms with Crippen LogP contribution >= 0.6 is 23.2 Å². The minimum absolute atomic E-state index is 0.00546. The van der Waals surface area contributed by atoms with Crippen molar-refractivity contribution in [3.63, 3.8) is 0 Å². The van der Waals surface area contributed by atoms with E-state index in [9.17, 15) is 36.0 Å². The minimum Gasteiger partial charge on any atom is -0.487 e. The monoisotopic (exact) mass is 1050 g/mol. The highest BCUT2D eigenvalue weighted by molar-refractivity contribution is 7.89. The van der Waals surface area contributed by atoms with Gasteiger partial charge < -0.3 is 40.1 Å². The molecule has 7 aliphatic rings. The molecule has 1 saturated carbocycles. The van der Waals surface area contributed by atoms with Crippen molar-refractivity contribution in [2.24, 2.45) is 11.7 Å². The number of piperidine rings is 2. The number of fused-ring (bicyclic) bond motifs is 1. The number of halogens is 5. The number of aryl methyl sites for hydroxylation is 2. The van der Waals surface area contributed by atoms with Crippen LogP contribution in [0.25, 0.3) is 10.9 Å². The van der Waals surface area contributed by atoms with Gasteiger partial charge in [0.15, 0.2) is 0 Å². The summed E-state index contributed by atoms with van der Waals surface area (Å²) in [4.78, 5) is 62.3. The number of carboxylic acid groups (broad SMARTS) is 1. The molecule has 384 valence electrons. The number of allylic oxidation sites excluding steroid dienone is 1. The van der Waals surface area contributed by atoms with Crippen LogP contribution in [0, 0.1) is 19.8 Å². The van der Waals surface area contributed by atoms with Crippen LogP contribution in [0.15, 0.2) is 64.5 Å². The number of para-hydroxylation sites is 1. The number of sulfonamides is 1. The van der Waals surface area contributed by atoms with Crippen LogP contribution in [0.2, 0.25) is 10.0 Å². The van der Waals surface area contributed by atoms with E-state index in [4.69, 9.17) is 43.6 Å². The van der Waals surface area contributed by atoms with Crippen LogP contribution in [0.1, 0.15) is 68.2 Å². The first-order chi connectivity index (χ1) is 33.7. The van der Waals surface area contributed by atoms with E-state index in [0.717, 1.165) is 114 Å². The number of hydrogen-bond donors (Lipinski definition) is 3. The molecule has 4 N–H and O–H groups in total. The lowest BCUT2D eigenvalue weighted by atomic mass is 9.91. The Bertz CT molecular complexity index is 2740. The molecule has 2 aromatic carbocycles. The summed E-state index contributed by atoms with van der Waals surface area (Å²) in [6.45, 7) is 13.7. The molecule has 6 fully saturated rings. The Hall–Kier alpha value is -4.99. The zero-order chi connectivity index (χ0) is 51.0. The Kier molecular flexibility index (Phi) is 15.6. The number of benzene rings is 2. The Morgan fingerprint density at radius 1 is 0.887 bits per heavy atom. The van der Waals surface area contributed by atoms with Crippen LogP contribution in [0.3, 0.4) is 0 Å². The number of carbonyl (C=O) groups excluding carboxylic acids is 3. The number of pyridine rings is 1. The second kappa shape index (κ2) is 21.2. The van der Waals surface area contributed by atoms with Crippen LogP contribution < -0.4 is 15.2 Å². The van der Waals surface area contributed by atoms with Crippen LogP contribution in [-0.4, -0.2) is 156 Å². The average molecular weight is 1050 g/mol. The Balaban J connectivity index is 0.000000228. The van der Waals surface area contributed by atoms with Gasteiger partial charge in [-0.3, -0.25) is 14.4 Å². The van der Waals surface area contributed by atoms with Gasteiger partial charge in [0.05, 0.1) is 10.7 Å². The number of ketones is 2. The highest BCUT2D eigenvalue weighted by Crippen LogP contribution is 2.39. The van der Waals surface area contributed by atoms with Gasteiger partial charge >= 0.3 is 12.1 Å². The topological polar surface area (TPSA) is 198 Å². The lowest BCUT2D eigenvalue weighted by Gasteiger charge is -2.40. The summed E-state index contributed by atoms with van der Waals surface area (Å²) in [5, 5.41) is 8.36. The fourth-order valence-corrected chi connectivity index (χ4v) is 12.1. The number of aliphatic carboxylic acids is 1. The number of carboxylic acids is 1. The van der Waals surface area contributed by atoms with E-state index in [1.54, 1.807) is 0 Å². The molecule has 1 aromatic heterocycles. The number of aromatic nitrogens is 1. The van der Waals surface area contributed by atoms with Gasteiger partial charge in [-0.15, -0.1) is 0 Å². The molecule has 5 saturated heterocycles. The molecule has 71 heavy (non-hydrogen) atoms. The predicted molar refractivity (Wildman–Crippen MR) is 260 cm³/mol. The van der Waals surface area contributed by atoms with Crippen molar-refractivity contribution in [1.29, 1.82) is 0 Å². The zero-order valence-corrected chi connectivity index (χ0v) is 42.0. The molecule has 1 amide bonds. The van der Waals surface area contributed by atoms with E-state index in [2.05, 4.69) is 14.6 Å². The first-order valence-electron chi connectivity index (χ1n) is 24.0. The average Bonchev–Trinajstić information content (AvgIpc) is 4.19. The van der Waals surface area contributed by atoms with Crippen molar-refractivity contribution in [3.05, 3.63) is 86.4 Å². The number of alkyl halides is 3. The summed E-state index contributed by atoms with van der Waals surface area (Å²) in [5.74, 6) is -1.77. The molecule has 0 spiro atoms. The van der Waals surface area contributed by atoms with E-state index in [1.807, 2.05) is 57.7 Å². The largest absolute Gasteiger partial charge is 0.490 e. The Labute approximate surface area is 420 Å². The van der Waals surface area contributed by atoms with E-state index in [1.165, 1.54) is 18.2 Å². The molecule has 2 aliphatic carbocycles. The van der Waals surface area contributed by atoms with Crippen molar-refractivity contribution in [2.75, 3.05) is 72.0 Å². The molecule has 0 unspecified atom stereocenters. The summed E-state index contributed by atoms with van der Waals surface area (Å²) in [6, 6.07) is 10.9. The molecule has 0 atom stereocenters. The summed E-state index contributed by atoms with van der Waals surface area (Å²) < 4.78 is 68.8. The van der Waals surface area contributed by atoms with Gasteiger partial charge in [-0.25, -0.2) is 18.2 Å². The maximum Gasteiger partial charge on any atom is 0.490 e. The number of Topliss-reactive ketones (excluding diaryl/α,β-unsaturated/α-hetero) is 1. The Morgan fingerprint density at radius 3 is 2.08 bits per heavy atom. The number of amides is 1. The fraction of sp³-hybridized carbons (Fsp3) is 0.531. The van der Waals surface area contributed by atoms with Crippen molar-refractivity contribution in [1.82, 2.24) is 34.2 Å². The van der Waals surface area contributed by atoms with Crippen molar-refractivity contribution < 1.29 is 50.6 Å². The minimum atomic E-state index is -5.08. The maximum absolute atomic E-state index is 14.1. The lowest BCUT2D eigenvalue weighted by molar-refractivity contribution is -0.192. The number of likely N-dealkylation sites (tertiary alicyclic amines) is 2. The maximum atomic E-state index is 14.1. The predicted octanol–water partition coefficient (Wildman–Crippen LogP) is 5.80. The molecule has 0 radical (unpaired) electrons. The Morgan fingerprint density at radius 2 is 1.49 bits per heavy atom. The van der Waals surface area contributed by atoms with Gasteiger partial charge in [0, 0.05) is 92.7 Å². The van der Waals surface area contributed by atoms with Crippen molar-refractivity contribution in [3.8, 4) is 5.75 Å². The first kappa shape index (κ1) is 52.3. The van der Waals surface area contributed by atoms with Crippen LogP contribution in [-0.2, 0) is 35.8 Å². The zero-order valence-electron chi connectivity index (χ0n) is 39.7. The smallest absolute Gasteiger partial charge is 0.487 e. The number of hydrogen-bond acceptors (Lipinski definition) is 13. The molecule has 16 nitrogen and oxygen atoms in total. The summed E-state index contributed by atoms with van der Waals surface area (Å²) >= 11 is 13.3. The number of rotatable bonds is 12. The van der Waals surface area contributed by atoms with Gasteiger partial charge in [0.25, 0.3) is 0 Å². The van der Waals surface area contributed by atoms with Crippen molar-refractivity contribution in [2.45, 2.75) is 94.5 Å². The van der Waals surface area contributed by atoms with Gasteiger partial charge in [0.1, 0.15) is 39.7 Å². The molecule has 22 heteroatoms. The van der Waals surface area contributed by atoms with E-state index in [-0.39, 0.29) is 39.0 Å². The summed E-state index contributed by atoms with van der Waals surface area (Å²) in [7, 11) is -4.19. The number of carbonyl (C=O) groups is 4. The van der Waals surface area contributed by atoms with Gasteiger partial charge in [-0.1, -0.05) is 48.2 Å². The number of nitrogens with zero attached hydrogens (tertiary/aromatic N) is 6. The molecule has 3 aromatic rings. The normalized spacial score (nSPS) is 20.6. The molecular formula is C49H59Cl2F3N8O8S. The second-order valence-corrected chi connectivity index (χ2v) is 21.7. The third-order valence-corrected chi connectivity index (χ3v) is 16.4. The van der Waals surface area contributed by atoms with E-state index in [0.29, 0.717) is 71.8 Å². The fourth-order valence-electron chi connectivity index (χ4n) is 9.79. The quantitative estimate of drug-likeness (QED) is 0.145. The molecular weight excluding hydrogens is 989 g/mol. The van der Waals surface area contributed by atoms with Crippen LogP contribution in [0.4, 0.5) is 13.2 Å². The second-order valence-electron chi connectivity index (χ2n) is 19.3. The van der Waals surface area contributed by atoms with Crippen LogP contribution in [0.5, 0.6) is 5.75 Å². The third-order valence-electron chi connectivity index (χ3n) is 13.9. The van der Waals surface area contributed by atoms with Gasteiger partial charge in [-0.05, 0) is 101 Å². The number of nitrogens with two attached hydrogens (primary N) is 1. The lowest BCUT2D eigenvalue weighted by Crippen LogP contribution is -2.59. The summed E-state index contributed by atoms with van der Waals surface area (Å²) in [6.07, 6.45) is 2.78. The third kappa shape index (κ3) is 12.3. The highest BCUT2D eigenvalue weighted by Gasteiger charge is 2.48. The van der Waals surface area contributed by atoms with Crippen molar-refractivity contribution >= 4 is 67.6 Å². The van der Waals surface area contributed by atoms with E-state index >= 15 is 0 Å². The number of ether oxygens (including phenoxy) is 1. The first-order valence-corrected chi connectivity index (χ1v) is 26.3. The number of nitrogens with one attached hydrogen (secondary N) is 1. The van der Waals surface area contributed by atoms with Gasteiger partial charge in [-0.2, -0.15) is 17.9 Å². The van der Waals surface area contributed by atoms with Gasteiger partial charge in [0.2, 0.25) is 27.5 Å². The molecule has 10 rings (SSSR count). The standard InChI is InChI=1S/C35H45Cl2N5O4S.C12H13N3O2.C2HF3O2/c1-23-20-24(2)39-33-27(23)6-5-7-30(33)46-22-28-29(36)8-9-31(32(28)37)47(44,45)40-35(14-3-4-15-35)34(43)42-18-10-25(11-19-42)21-41-16-12-26(38)13-17-41;16-9-7-8(13-1-2-13)12(17)11(15-5-6-15)10(9)14-3-4-14;3-2(4,5)1(6)7/h5-9,20,25-26,40H,3-4,10-19,21-22,38H2,1-2H3;7H,1-6H2;(H,6,7). The highest BCUT2D eigenvalue weighted by atomic mass is 35.5. The summed E-state index contributed by atoms with van der Waals surface area (Å²) in [5.41, 5.74) is 9.77. The van der Waals surface area contributed by atoms with E-state index < -0.39 is 27.7 Å². The molecule has 6 heterocycles. The molecule has 5 aliphatic heterocycles.